The summed E-state index contributed by atoms with van der Waals surface area (Å²) >= 11 is 0. The fourth-order valence-corrected chi connectivity index (χ4v) is 1.56. The molecule has 0 unspecified atom stereocenters. The lowest BCUT2D eigenvalue weighted by atomic mass is 10.0. The fraction of sp³-hybridized carbons (Fsp3) is 0.0714. The topological polar surface area (TPSA) is 17.1 Å². The van der Waals surface area contributed by atoms with Gasteiger partial charge in [0.15, 0.2) is 12.5 Å². The molecule has 0 spiro atoms. The third-order valence-corrected chi connectivity index (χ3v) is 2.44. The number of halogens is 1. The Morgan fingerprint density at radius 3 is 2.00 bits per heavy atom. The standard InChI is InChI=1S/C14H11FO/c15-10-14(16)13-8-6-12(7-9-13)11-4-2-1-3-5-11/h1-9H,10H2. The number of hydrogen-bond donors (Lipinski definition) is 0. The number of carbonyl (C=O) groups is 1. The molecule has 0 heterocycles. The van der Waals surface area contributed by atoms with Crippen LogP contribution in [0.3, 0.4) is 0 Å². The normalized spacial score (nSPS) is 10.1. The van der Waals surface area contributed by atoms with E-state index in [-0.39, 0.29) is 0 Å². The summed E-state index contributed by atoms with van der Waals surface area (Å²) in [5.41, 5.74) is 2.53. The zero-order valence-corrected chi connectivity index (χ0v) is 8.69. The minimum atomic E-state index is -0.940. The maximum absolute atomic E-state index is 12.1. The quantitative estimate of drug-likeness (QED) is 0.714. The molecule has 0 fully saturated rings. The number of hydrogen-bond acceptors (Lipinski definition) is 1. The summed E-state index contributed by atoms with van der Waals surface area (Å²) in [6.45, 7) is -0.940. The van der Waals surface area contributed by atoms with Gasteiger partial charge >= 0.3 is 0 Å². The highest BCUT2D eigenvalue weighted by Gasteiger charge is 2.04. The summed E-state index contributed by atoms with van der Waals surface area (Å²) in [6, 6.07) is 16.8. The second-order valence-corrected chi connectivity index (χ2v) is 3.50. The lowest BCUT2D eigenvalue weighted by Gasteiger charge is -2.02. The molecule has 1 nitrogen and oxygen atoms in total. The molecule has 2 heteroatoms. The van der Waals surface area contributed by atoms with Crippen molar-refractivity contribution in [1.82, 2.24) is 0 Å². The fourth-order valence-electron chi connectivity index (χ4n) is 1.56. The van der Waals surface area contributed by atoms with Crippen LogP contribution in [-0.2, 0) is 0 Å². The van der Waals surface area contributed by atoms with Gasteiger partial charge < -0.3 is 0 Å². The average Bonchev–Trinajstić information content (AvgIpc) is 2.39. The van der Waals surface area contributed by atoms with Gasteiger partial charge in [-0.25, -0.2) is 4.39 Å². The Morgan fingerprint density at radius 2 is 1.44 bits per heavy atom. The maximum Gasteiger partial charge on any atom is 0.193 e. The van der Waals surface area contributed by atoms with Gasteiger partial charge in [-0.1, -0.05) is 54.6 Å². The van der Waals surface area contributed by atoms with Crippen molar-refractivity contribution in [3.05, 3.63) is 60.2 Å². The van der Waals surface area contributed by atoms with Crippen LogP contribution < -0.4 is 0 Å². The molecule has 0 aliphatic carbocycles. The van der Waals surface area contributed by atoms with Gasteiger partial charge in [0.05, 0.1) is 0 Å². The lowest BCUT2D eigenvalue weighted by molar-refractivity contribution is 0.0958. The van der Waals surface area contributed by atoms with Crippen molar-refractivity contribution >= 4 is 5.78 Å². The van der Waals surface area contributed by atoms with E-state index in [0.717, 1.165) is 11.1 Å². The van der Waals surface area contributed by atoms with Crippen LogP contribution in [-0.4, -0.2) is 12.5 Å². The van der Waals surface area contributed by atoms with Crippen molar-refractivity contribution in [3.8, 4) is 11.1 Å². The molecule has 0 saturated heterocycles. The number of alkyl halides is 1. The van der Waals surface area contributed by atoms with Crippen molar-refractivity contribution in [3.63, 3.8) is 0 Å². The van der Waals surface area contributed by atoms with Crippen LogP contribution in [0.1, 0.15) is 10.4 Å². The molecule has 0 bridgehead atoms. The summed E-state index contributed by atoms with van der Waals surface area (Å²) < 4.78 is 12.1. The Labute approximate surface area is 93.5 Å². The zero-order chi connectivity index (χ0) is 11.4. The van der Waals surface area contributed by atoms with Gasteiger partial charge in [-0.15, -0.1) is 0 Å². The number of benzene rings is 2. The molecule has 0 atom stereocenters. The van der Waals surface area contributed by atoms with E-state index >= 15 is 0 Å². The van der Waals surface area contributed by atoms with Crippen LogP contribution in [0.4, 0.5) is 4.39 Å². The number of rotatable bonds is 3. The maximum atomic E-state index is 12.1. The summed E-state index contributed by atoms with van der Waals surface area (Å²) in [5.74, 6) is -0.473. The molecule has 80 valence electrons. The molecular weight excluding hydrogens is 203 g/mol. The van der Waals surface area contributed by atoms with E-state index in [1.165, 1.54) is 0 Å². The SMILES string of the molecule is O=C(CF)c1ccc(-c2ccccc2)cc1. The molecule has 0 N–H and O–H groups in total. The van der Waals surface area contributed by atoms with Crippen LogP contribution in [0, 0.1) is 0 Å². The Bertz CT molecular complexity index is 474. The van der Waals surface area contributed by atoms with Crippen LogP contribution in [0.25, 0.3) is 11.1 Å². The van der Waals surface area contributed by atoms with E-state index in [9.17, 15) is 9.18 Å². The third-order valence-electron chi connectivity index (χ3n) is 2.44. The van der Waals surface area contributed by atoms with E-state index < -0.39 is 12.5 Å². The Morgan fingerprint density at radius 1 is 0.875 bits per heavy atom. The molecule has 0 radical (unpaired) electrons. The first kappa shape index (κ1) is 10.6. The predicted molar refractivity (Wildman–Crippen MR) is 62.2 cm³/mol. The van der Waals surface area contributed by atoms with E-state index in [4.69, 9.17) is 0 Å². The molecule has 2 aromatic rings. The van der Waals surface area contributed by atoms with Crippen LogP contribution >= 0.6 is 0 Å². The van der Waals surface area contributed by atoms with Crippen molar-refractivity contribution < 1.29 is 9.18 Å². The Balaban J connectivity index is 2.30. The van der Waals surface area contributed by atoms with Crippen molar-refractivity contribution in [1.29, 1.82) is 0 Å². The van der Waals surface area contributed by atoms with E-state index in [1.807, 2.05) is 42.5 Å². The van der Waals surface area contributed by atoms with Crippen LogP contribution in [0.5, 0.6) is 0 Å². The predicted octanol–water partition coefficient (Wildman–Crippen LogP) is 3.51. The summed E-state index contributed by atoms with van der Waals surface area (Å²) in [5, 5.41) is 0. The molecule has 0 saturated carbocycles. The number of carbonyl (C=O) groups excluding carboxylic acids is 1. The molecule has 16 heavy (non-hydrogen) atoms. The first-order valence-corrected chi connectivity index (χ1v) is 5.06. The second-order valence-electron chi connectivity index (χ2n) is 3.50. The van der Waals surface area contributed by atoms with Gasteiger partial charge in [0.2, 0.25) is 0 Å². The minimum Gasteiger partial charge on any atom is -0.291 e. The van der Waals surface area contributed by atoms with Gasteiger partial charge in [-0.2, -0.15) is 0 Å². The van der Waals surface area contributed by atoms with E-state index in [1.54, 1.807) is 12.1 Å². The first-order valence-electron chi connectivity index (χ1n) is 5.06. The smallest absolute Gasteiger partial charge is 0.193 e. The molecule has 0 aliphatic heterocycles. The summed E-state index contributed by atoms with van der Waals surface area (Å²) in [6.07, 6.45) is 0. The van der Waals surface area contributed by atoms with Gasteiger partial charge in [-0.3, -0.25) is 4.79 Å². The average molecular weight is 214 g/mol. The van der Waals surface area contributed by atoms with E-state index in [2.05, 4.69) is 0 Å². The van der Waals surface area contributed by atoms with Gasteiger partial charge in [0.1, 0.15) is 0 Å². The highest BCUT2D eigenvalue weighted by molar-refractivity contribution is 5.97. The second kappa shape index (κ2) is 4.71. The van der Waals surface area contributed by atoms with Gasteiger partial charge in [-0.05, 0) is 11.1 Å². The molecule has 2 aromatic carbocycles. The first-order chi connectivity index (χ1) is 7.81. The lowest BCUT2D eigenvalue weighted by Crippen LogP contribution is -2.00. The Kier molecular flexibility index (Phi) is 3.10. The molecule has 2 rings (SSSR count). The molecule has 0 aliphatic rings. The largest absolute Gasteiger partial charge is 0.291 e. The number of Topliss-reactive ketones (excluding diaryl/α,β-unsaturated/α-hetero) is 1. The zero-order valence-electron chi connectivity index (χ0n) is 8.69. The summed E-state index contributed by atoms with van der Waals surface area (Å²) in [7, 11) is 0. The van der Waals surface area contributed by atoms with Crippen molar-refractivity contribution in [2.45, 2.75) is 0 Å². The highest BCUT2D eigenvalue weighted by atomic mass is 19.1. The Hall–Kier alpha value is -1.96. The number of ketones is 1. The highest BCUT2D eigenvalue weighted by Crippen LogP contribution is 2.19. The third kappa shape index (κ3) is 2.16. The monoisotopic (exact) mass is 214 g/mol. The van der Waals surface area contributed by atoms with Crippen LogP contribution in [0.2, 0.25) is 0 Å². The minimum absolute atomic E-state index is 0.419. The molecule has 0 aromatic heterocycles. The van der Waals surface area contributed by atoms with Gasteiger partial charge in [0.25, 0.3) is 0 Å². The van der Waals surface area contributed by atoms with Crippen molar-refractivity contribution in [2.75, 3.05) is 6.67 Å². The molecule has 0 amide bonds. The van der Waals surface area contributed by atoms with Crippen molar-refractivity contribution in [2.24, 2.45) is 0 Å². The van der Waals surface area contributed by atoms with E-state index in [0.29, 0.717) is 5.56 Å². The van der Waals surface area contributed by atoms with Crippen LogP contribution in [0.15, 0.2) is 54.6 Å². The molecular formula is C14H11FO. The van der Waals surface area contributed by atoms with Gasteiger partial charge in [0, 0.05) is 5.56 Å². The summed E-state index contributed by atoms with van der Waals surface area (Å²) in [4.78, 5) is 11.1.